The number of halogens is 1. The summed E-state index contributed by atoms with van der Waals surface area (Å²) in [6, 6.07) is 7.84. The van der Waals surface area contributed by atoms with Gasteiger partial charge in [0.05, 0.1) is 6.20 Å². The van der Waals surface area contributed by atoms with Gasteiger partial charge in [0.15, 0.2) is 0 Å². The lowest BCUT2D eigenvalue weighted by Crippen LogP contribution is -2.54. The van der Waals surface area contributed by atoms with Crippen LogP contribution >= 0.6 is 11.6 Å². The highest BCUT2D eigenvalue weighted by Crippen LogP contribution is 2.28. The first-order valence-corrected chi connectivity index (χ1v) is 9.50. The van der Waals surface area contributed by atoms with Gasteiger partial charge < -0.3 is 16.0 Å². The zero-order valence-electron chi connectivity index (χ0n) is 15.2. The topological polar surface area (TPSA) is 92.3 Å². The van der Waals surface area contributed by atoms with Crippen LogP contribution in [0.1, 0.15) is 24.0 Å². The standard InChI is InChI=1S/C19H24ClN7/c1-27-12-13(10-24-27)17-11-23-19(21,14-3-2-4-15(20)9-14)26-18(17)25-16-5-7-22-8-6-16/h2-4,9-12,16,22,25-26H,5-8,21H2,1H3. The van der Waals surface area contributed by atoms with Crippen molar-refractivity contribution in [1.82, 2.24) is 25.7 Å². The molecule has 7 nitrogen and oxygen atoms in total. The molecule has 1 aromatic heterocycles. The Kier molecular flexibility index (Phi) is 4.90. The van der Waals surface area contributed by atoms with E-state index in [2.05, 4.69) is 26.0 Å². The molecule has 5 N–H and O–H groups in total. The molecule has 0 aliphatic carbocycles. The summed E-state index contributed by atoms with van der Waals surface area (Å²) in [7, 11) is 1.90. The fraction of sp³-hybridized carbons (Fsp3) is 0.368. The maximum Gasteiger partial charge on any atom is 0.210 e. The third kappa shape index (κ3) is 3.85. The van der Waals surface area contributed by atoms with Gasteiger partial charge in [0.1, 0.15) is 5.82 Å². The number of nitrogens with zero attached hydrogens (tertiary/aromatic N) is 3. The number of hydrogen-bond donors (Lipinski definition) is 4. The normalized spacial score (nSPS) is 23.4. The second-order valence-electron chi connectivity index (χ2n) is 7.02. The van der Waals surface area contributed by atoms with E-state index < -0.39 is 5.79 Å². The van der Waals surface area contributed by atoms with Crippen LogP contribution < -0.4 is 21.7 Å². The van der Waals surface area contributed by atoms with E-state index in [9.17, 15) is 0 Å². The van der Waals surface area contributed by atoms with Crippen molar-refractivity contribution in [2.75, 3.05) is 13.1 Å². The average molecular weight is 386 g/mol. The lowest BCUT2D eigenvalue weighted by atomic mass is 10.0. The highest BCUT2D eigenvalue weighted by Gasteiger charge is 2.32. The van der Waals surface area contributed by atoms with Gasteiger partial charge in [-0.05, 0) is 38.1 Å². The van der Waals surface area contributed by atoms with Crippen molar-refractivity contribution < 1.29 is 0 Å². The number of hydrogen-bond acceptors (Lipinski definition) is 6. The van der Waals surface area contributed by atoms with Crippen LogP contribution in [0.4, 0.5) is 0 Å². The Morgan fingerprint density at radius 2 is 2.15 bits per heavy atom. The first kappa shape index (κ1) is 18.0. The van der Waals surface area contributed by atoms with Gasteiger partial charge in [-0.25, -0.2) is 4.99 Å². The molecule has 0 amide bonds. The summed E-state index contributed by atoms with van der Waals surface area (Å²) < 4.78 is 1.78. The van der Waals surface area contributed by atoms with Crippen molar-refractivity contribution in [3.8, 4) is 0 Å². The van der Waals surface area contributed by atoms with Gasteiger partial charge in [-0.2, -0.15) is 5.10 Å². The Morgan fingerprint density at radius 1 is 1.33 bits per heavy atom. The summed E-state index contributed by atoms with van der Waals surface area (Å²) in [4.78, 5) is 4.62. The Bertz CT molecular complexity index is 882. The third-order valence-electron chi connectivity index (χ3n) is 4.95. The predicted octanol–water partition coefficient (Wildman–Crippen LogP) is 1.53. The van der Waals surface area contributed by atoms with Gasteiger partial charge in [-0.3, -0.25) is 10.4 Å². The highest BCUT2D eigenvalue weighted by atomic mass is 35.5. The number of piperidine rings is 1. The lowest BCUT2D eigenvalue weighted by molar-refractivity contribution is 0.350. The Balaban J connectivity index is 1.69. The first-order valence-electron chi connectivity index (χ1n) is 9.12. The van der Waals surface area contributed by atoms with Crippen molar-refractivity contribution in [2.24, 2.45) is 17.8 Å². The molecule has 0 spiro atoms. The molecule has 0 saturated carbocycles. The molecule has 27 heavy (non-hydrogen) atoms. The van der Waals surface area contributed by atoms with Crippen LogP contribution in [0.5, 0.6) is 0 Å². The first-order chi connectivity index (χ1) is 13.0. The number of aryl methyl sites for hydroxylation is 1. The average Bonchev–Trinajstić information content (AvgIpc) is 3.09. The van der Waals surface area contributed by atoms with Crippen LogP contribution in [-0.4, -0.2) is 35.1 Å². The molecule has 1 aromatic carbocycles. The summed E-state index contributed by atoms with van der Waals surface area (Å²) in [6.07, 6.45) is 7.72. The van der Waals surface area contributed by atoms with Crippen molar-refractivity contribution in [2.45, 2.75) is 24.7 Å². The number of aromatic nitrogens is 2. The smallest absolute Gasteiger partial charge is 0.210 e. The quantitative estimate of drug-likeness (QED) is 0.640. The van der Waals surface area contributed by atoms with Gasteiger partial charge in [0.2, 0.25) is 5.79 Å². The van der Waals surface area contributed by atoms with Gasteiger partial charge >= 0.3 is 0 Å². The molecule has 0 radical (unpaired) electrons. The van der Waals surface area contributed by atoms with Gasteiger partial charge in [0.25, 0.3) is 0 Å². The Labute approximate surface area is 163 Å². The minimum atomic E-state index is -1.08. The second kappa shape index (κ2) is 7.34. The van der Waals surface area contributed by atoms with Crippen molar-refractivity contribution in [1.29, 1.82) is 0 Å². The van der Waals surface area contributed by atoms with Crippen molar-refractivity contribution >= 4 is 23.4 Å². The van der Waals surface area contributed by atoms with Crippen LogP contribution in [0.25, 0.3) is 5.57 Å². The van der Waals surface area contributed by atoms with Crippen LogP contribution in [-0.2, 0) is 12.8 Å². The maximum atomic E-state index is 6.62. The number of nitrogens with two attached hydrogens (primary N) is 1. The minimum absolute atomic E-state index is 0.371. The molecular weight excluding hydrogens is 362 g/mol. The van der Waals surface area contributed by atoms with Crippen molar-refractivity contribution in [3.05, 3.63) is 58.6 Å². The summed E-state index contributed by atoms with van der Waals surface area (Å²) in [5.41, 5.74) is 9.36. The van der Waals surface area contributed by atoms with Crippen LogP contribution in [0, 0.1) is 0 Å². The van der Waals surface area contributed by atoms with Gasteiger partial charge in [-0.1, -0.05) is 23.7 Å². The van der Waals surface area contributed by atoms with E-state index in [-0.39, 0.29) is 0 Å². The zero-order chi connectivity index (χ0) is 18.9. The lowest BCUT2D eigenvalue weighted by Gasteiger charge is -2.36. The molecule has 8 heteroatoms. The summed E-state index contributed by atoms with van der Waals surface area (Å²) in [5.74, 6) is -0.210. The SMILES string of the molecule is Cn1cc(C2=C(NC3CCNCC3)NC(N)(c3cccc(Cl)c3)N=C2)cn1. The van der Waals surface area contributed by atoms with Crippen LogP contribution in [0.3, 0.4) is 0 Å². The van der Waals surface area contributed by atoms with E-state index >= 15 is 0 Å². The molecule has 1 saturated heterocycles. The molecule has 2 aliphatic heterocycles. The summed E-state index contributed by atoms with van der Waals surface area (Å²) in [5, 5.41) is 15.4. The van der Waals surface area contributed by atoms with E-state index in [1.54, 1.807) is 4.68 Å². The van der Waals surface area contributed by atoms with E-state index in [0.717, 1.165) is 48.5 Å². The molecule has 142 valence electrons. The number of nitrogens with one attached hydrogen (secondary N) is 3. The van der Waals surface area contributed by atoms with E-state index in [1.807, 2.05) is 49.9 Å². The number of allylic oxidation sites excluding steroid dienone is 1. The molecule has 1 unspecified atom stereocenters. The predicted molar refractivity (Wildman–Crippen MR) is 108 cm³/mol. The van der Waals surface area contributed by atoms with Crippen LogP contribution in [0.15, 0.2) is 47.5 Å². The van der Waals surface area contributed by atoms with Gasteiger partial charge in [0, 0.05) is 47.2 Å². The molecule has 1 fully saturated rings. The molecule has 1 atom stereocenters. The molecule has 2 aliphatic rings. The Morgan fingerprint density at radius 3 is 2.85 bits per heavy atom. The van der Waals surface area contributed by atoms with Gasteiger partial charge in [-0.15, -0.1) is 0 Å². The zero-order valence-corrected chi connectivity index (χ0v) is 16.0. The minimum Gasteiger partial charge on any atom is -0.368 e. The van der Waals surface area contributed by atoms with Crippen molar-refractivity contribution in [3.63, 3.8) is 0 Å². The molecule has 4 rings (SSSR count). The largest absolute Gasteiger partial charge is 0.368 e. The monoisotopic (exact) mass is 385 g/mol. The molecule has 0 bridgehead atoms. The van der Waals surface area contributed by atoms with Crippen LogP contribution in [0.2, 0.25) is 5.02 Å². The fourth-order valence-electron chi connectivity index (χ4n) is 3.46. The number of rotatable bonds is 4. The summed E-state index contributed by atoms with van der Waals surface area (Å²) >= 11 is 6.16. The highest BCUT2D eigenvalue weighted by molar-refractivity contribution is 6.30. The summed E-state index contributed by atoms with van der Waals surface area (Å²) in [6.45, 7) is 2.01. The van der Waals surface area contributed by atoms with E-state index in [1.165, 1.54) is 0 Å². The third-order valence-corrected chi connectivity index (χ3v) is 5.19. The Hall–Kier alpha value is -2.35. The fourth-order valence-corrected chi connectivity index (χ4v) is 3.65. The van der Waals surface area contributed by atoms with E-state index in [4.69, 9.17) is 17.3 Å². The molecule has 3 heterocycles. The number of aliphatic imine (C=N–C) groups is 1. The molecule has 2 aromatic rings. The van der Waals surface area contributed by atoms with E-state index in [0.29, 0.717) is 11.1 Å². The maximum absolute atomic E-state index is 6.62. The molecular formula is C19H24ClN7. The second-order valence-corrected chi connectivity index (χ2v) is 7.46. The number of benzene rings is 1.